The Bertz CT molecular complexity index is 2630. The van der Waals surface area contributed by atoms with E-state index in [1.165, 1.54) is 30.3 Å². The van der Waals surface area contributed by atoms with E-state index in [4.69, 9.17) is 0 Å². The molecule has 298 valence electrons. The van der Waals surface area contributed by atoms with Gasteiger partial charge in [0.05, 0.1) is 16.5 Å². The summed E-state index contributed by atoms with van der Waals surface area (Å²) in [4.78, 5) is -3.36. The molecule has 0 fully saturated rings. The molecule has 0 saturated carbocycles. The summed E-state index contributed by atoms with van der Waals surface area (Å²) >= 11 is 0. The molecule has 0 aromatic heterocycles. The Balaban J connectivity index is 1.28. The SMILES string of the molecule is CCCCCc1cc(F)c2c(F)c(-c3cc(F)c(C#Cc4ccc(-c5ccc(-c6cc(F)c(S(F)(F)(F)(F)F)c(F)c6)c(F)c5)c(F)c4)c(CC)c3)c(F)cc2c1. The zero-order chi connectivity index (χ0) is 41.7. The van der Waals surface area contributed by atoms with Gasteiger partial charge in [-0.1, -0.05) is 82.2 Å². The lowest BCUT2D eigenvalue weighted by Crippen LogP contribution is -2.11. The van der Waals surface area contributed by atoms with Gasteiger partial charge in [-0.05, 0) is 107 Å². The second-order valence-corrected chi connectivity index (χ2v) is 15.7. The van der Waals surface area contributed by atoms with E-state index in [1.54, 1.807) is 6.92 Å². The Morgan fingerprint density at radius 3 is 1.75 bits per heavy atom. The highest BCUT2D eigenvalue weighted by Gasteiger charge is 2.69. The minimum atomic E-state index is -10.8. The first-order valence-corrected chi connectivity index (χ1v) is 19.3. The Hall–Kier alpha value is -5.42. The molecule has 0 heterocycles. The first-order chi connectivity index (χ1) is 26.6. The van der Waals surface area contributed by atoms with E-state index in [0.29, 0.717) is 18.1 Å². The Morgan fingerprint density at radius 1 is 0.526 bits per heavy atom. The van der Waals surface area contributed by atoms with Gasteiger partial charge in [-0.3, -0.25) is 0 Å². The molecule has 6 aromatic rings. The van der Waals surface area contributed by atoms with Crippen molar-refractivity contribution in [3.8, 4) is 45.2 Å². The number of halogens is 13. The van der Waals surface area contributed by atoms with Crippen molar-refractivity contribution in [1.29, 1.82) is 0 Å². The minimum absolute atomic E-state index is 0.0185. The van der Waals surface area contributed by atoms with E-state index < -0.39 is 83.7 Å². The number of hydrogen-bond acceptors (Lipinski definition) is 0. The third kappa shape index (κ3) is 8.49. The molecule has 0 saturated heterocycles. The highest BCUT2D eigenvalue weighted by atomic mass is 32.5. The maximum Gasteiger partial charge on any atom is 0.315 e. The fraction of sp³-hybridized carbons (Fsp3) is 0.163. The maximum absolute atomic E-state index is 15.8. The smallest absolute Gasteiger partial charge is 0.206 e. The van der Waals surface area contributed by atoms with Crippen molar-refractivity contribution < 1.29 is 54.6 Å². The van der Waals surface area contributed by atoms with E-state index in [-0.39, 0.29) is 57.3 Å². The molecule has 0 amide bonds. The van der Waals surface area contributed by atoms with Crippen LogP contribution in [-0.4, -0.2) is 0 Å². The van der Waals surface area contributed by atoms with Crippen LogP contribution in [0.15, 0.2) is 83.8 Å². The van der Waals surface area contributed by atoms with Gasteiger partial charge in [0.2, 0.25) is 0 Å². The molecule has 0 nitrogen and oxygen atoms in total. The van der Waals surface area contributed by atoms with E-state index >= 15 is 26.3 Å². The first-order valence-electron chi connectivity index (χ1n) is 17.4. The molecule has 0 atom stereocenters. The molecule has 0 radical (unpaired) electrons. The standard InChI is InChI=1S/C43H29F13S/c1-3-5-6-7-24-14-28-22-37(48)41(42(51)40(28)36(47)16-24)29-17-25(4-2)30(35(46)21-29)11-8-23-9-12-31(33(44)15-23)26-10-13-32(34(45)18-26)27-19-38(49)43(39(50)20-27)57(52,53,54,55)56/h9-10,12-22H,3-7H2,1-2H3. The van der Waals surface area contributed by atoms with Gasteiger partial charge in [0, 0.05) is 16.7 Å². The summed E-state index contributed by atoms with van der Waals surface area (Å²) in [7, 11) is -10.8. The van der Waals surface area contributed by atoms with Crippen LogP contribution < -0.4 is 0 Å². The van der Waals surface area contributed by atoms with Crippen LogP contribution in [0.25, 0.3) is 44.2 Å². The predicted molar refractivity (Wildman–Crippen MR) is 196 cm³/mol. The van der Waals surface area contributed by atoms with E-state index in [2.05, 4.69) is 11.8 Å². The van der Waals surface area contributed by atoms with Gasteiger partial charge in [-0.25, -0.2) is 35.1 Å². The zero-order valence-corrected chi connectivity index (χ0v) is 30.7. The van der Waals surface area contributed by atoms with Crippen LogP contribution in [0.5, 0.6) is 0 Å². The third-order valence-electron chi connectivity index (χ3n) is 9.33. The molecule has 6 rings (SSSR count). The van der Waals surface area contributed by atoms with Crippen molar-refractivity contribution in [2.75, 3.05) is 0 Å². The van der Waals surface area contributed by atoms with Gasteiger partial charge in [0.15, 0.2) is 4.90 Å². The summed E-state index contributed by atoms with van der Waals surface area (Å²) < 4.78 is 186. The highest BCUT2D eigenvalue weighted by Crippen LogP contribution is 3.02. The first kappa shape index (κ1) is 41.2. The van der Waals surface area contributed by atoms with Crippen molar-refractivity contribution in [3.63, 3.8) is 0 Å². The zero-order valence-electron chi connectivity index (χ0n) is 29.9. The third-order valence-corrected chi connectivity index (χ3v) is 10.5. The van der Waals surface area contributed by atoms with E-state index in [1.807, 2.05) is 6.92 Å². The quantitative estimate of drug-likeness (QED) is 0.0774. The van der Waals surface area contributed by atoms with E-state index in [9.17, 15) is 28.2 Å². The number of aryl methyl sites for hydroxylation is 2. The van der Waals surface area contributed by atoms with Crippen LogP contribution in [0.4, 0.5) is 54.6 Å². The van der Waals surface area contributed by atoms with Gasteiger partial charge < -0.3 is 0 Å². The number of benzene rings is 6. The second-order valence-electron chi connectivity index (χ2n) is 13.4. The molecule has 0 N–H and O–H groups in total. The molecule has 14 heteroatoms. The van der Waals surface area contributed by atoms with Crippen LogP contribution in [0, 0.1) is 58.4 Å². The molecule has 0 unspecified atom stereocenters. The van der Waals surface area contributed by atoms with Crippen LogP contribution in [0.2, 0.25) is 0 Å². The maximum atomic E-state index is 15.8. The predicted octanol–water partition coefficient (Wildman–Crippen LogP) is 15.3. The van der Waals surface area contributed by atoms with Crippen LogP contribution in [0.3, 0.4) is 0 Å². The normalized spacial score (nSPS) is 13.0. The summed E-state index contributed by atoms with van der Waals surface area (Å²) in [5.74, 6) is -6.38. The van der Waals surface area contributed by atoms with E-state index in [0.717, 1.165) is 49.6 Å². The fourth-order valence-corrected chi connectivity index (χ4v) is 7.50. The second kappa shape index (κ2) is 14.5. The van der Waals surface area contributed by atoms with Crippen molar-refractivity contribution in [1.82, 2.24) is 0 Å². The minimum Gasteiger partial charge on any atom is -0.206 e. The lowest BCUT2D eigenvalue weighted by Gasteiger charge is -2.40. The van der Waals surface area contributed by atoms with Crippen molar-refractivity contribution in [2.45, 2.75) is 50.8 Å². The molecule has 57 heavy (non-hydrogen) atoms. The number of unbranched alkanes of at least 4 members (excludes halogenated alkanes) is 2. The van der Waals surface area contributed by atoms with Gasteiger partial charge in [-0.2, -0.15) is 0 Å². The molecule has 0 aliphatic carbocycles. The van der Waals surface area contributed by atoms with Gasteiger partial charge in [0.1, 0.15) is 46.5 Å². The molecule has 6 aromatic carbocycles. The summed E-state index contributed by atoms with van der Waals surface area (Å²) in [6.45, 7) is 3.65. The molecular weight excluding hydrogens is 796 g/mol. The Labute approximate surface area is 318 Å². The Morgan fingerprint density at radius 2 is 1.14 bits per heavy atom. The van der Waals surface area contributed by atoms with Crippen molar-refractivity contribution >= 4 is 21.0 Å². The van der Waals surface area contributed by atoms with Crippen LogP contribution in [-0.2, 0) is 12.8 Å². The summed E-state index contributed by atoms with van der Waals surface area (Å²) in [6.07, 6.45) is 3.31. The lowest BCUT2D eigenvalue weighted by atomic mass is 9.93. The fourth-order valence-electron chi connectivity index (χ4n) is 6.65. The number of fused-ring (bicyclic) bond motifs is 1. The summed E-state index contributed by atoms with van der Waals surface area (Å²) in [5, 5.41) is -0.402. The lowest BCUT2D eigenvalue weighted by molar-refractivity contribution is 0.345. The average molecular weight is 825 g/mol. The highest BCUT2D eigenvalue weighted by molar-refractivity contribution is 8.45. The van der Waals surface area contributed by atoms with Gasteiger partial charge in [0.25, 0.3) is 0 Å². The molecule has 0 aliphatic heterocycles. The molecule has 0 aliphatic rings. The average Bonchev–Trinajstić information content (AvgIpc) is 3.09. The Kier molecular flexibility index (Phi) is 10.5. The summed E-state index contributed by atoms with van der Waals surface area (Å²) in [6, 6.07) is 11.8. The van der Waals surface area contributed by atoms with Crippen molar-refractivity contribution in [3.05, 3.63) is 148 Å². The largest absolute Gasteiger partial charge is 0.315 e. The van der Waals surface area contributed by atoms with Crippen LogP contribution >= 0.6 is 10.2 Å². The molecule has 0 spiro atoms. The van der Waals surface area contributed by atoms with Gasteiger partial charge in [-0.15, -0.1) is 0 Å². The summed E-state index contributed by atoms with van der Waals surface area (Å²) in [5.41, 5.74) is -1.97. The molecule has 0 bridgehead atoms. The van der Waals surface area contributed by atoms with Crippen molar-refractivity contribution in [2.24, 2.45) is 0 Å². The number of rotatable bonds is 9. The molecular formula is C43H29F13S. The van der Waals surface area contributed by atoms with Crippen LogP contribution in [0.1, 0.15) is 55.4 Å². The number of hydrogen-bond donors (Lipinski definition) is 0. The topological polar surface area (TPSA) is 0 Å². The van der Waals surface area contributed by atoms with Gasteiger partial charge >= 0.3 is 10.2 Å². The monoisotopic (exact) mass is 824 g/mol.